The molecule has 0 aliphatic heterocycles. The summed E-state index contributed by atoms with van der Waals surface area (Å²) >= 11 is 0. The summed E-state index contributed by atoms with van der Waals surface area (Å²) in [4.78, 5) is 4.48. The number of fused-ring (bicyclic) bond motifs is 6. The lowest BCUT2D eigenvalue weighted by Gasteiger charge is -2.15. The van der Waals surface area contributed by atoms with Gasteiger partial charge in [-0.15, -0.1) is 0 Å². The number of hydrogen-bond donors (Lipinski definition) is 0. The Morgan fingerprint density at radius 2 is 1.12 bits per heavy atom. The van der Waals surface area contributed by atoms with Gasteiger partial charge in [-0.25, -0.2) is 13.2 Å². The lowest BCUT2D eigenvalue weighted by molar-refractivity contribution is -0.136. The highest BCUT2D eigenvalue weighted by Gasteiger charge is 2.33. The van der Waals surface area contributed by atoms with Crippen molar-refractivity contribution in [3.63, 3.8) is 0 Å². The van der Waals surface area contributed by atoms with Crippen LogP contribution in [0, 0.1) is 17.5 Å². The molecule has 0 fully saturated rings. The molecule has 0 atom stereocenters. The Kier molecular flexibility index (Phi) is 5.54. The van der Waals surface area contributed by atoms with Gasteiger partial charge < -0.3 is 0 Å². The molecule has 0 amide bonds. The Morgan fingerprint density at radius 1 is 0.512 bits per heavy atom. The molecule has 0 N–H and O–H groups in total. The van der Waals surface area contributed by atoms with Crippen LogP contribution >= 0.6 is 0 Å². The minimum atomic E-state index is -4.54. The third-order valence-electron chi connectivity index (χ3n) is 7.49. The van der Waals surface area contributed by atoms with Crippen molar-refractivity contribution in [3.8, 4) is 22.4 Å². The molecule has 41 heavy (non-hydrogen) atoms. The fourth-order valence-corrected chi connectivity index (χ4v) is 5.70. The first-order valence-electron chi connectivity index (χ1n) is 12.7. The largest absolute Gasteiger partial charge is 0.417 e. The summed E-state index contributed by atoms with van der Waals surface area (Å²) < 4.78 is 84.3. The van der Waals surface area contributed by atoms with Gasteiger partial charge in [-0.05, 0) is 67.5 Å². The number of benzene rings is 6. The molecule has 1 heterocycles. The predicted octanol–water partition coefficient (Wildman–Crippen LogP) is 10.5. The molecular weight excluding hydrogens is 536 g/mol. The predicted molar refractivity (Wildman–Crippen MR) is 150 cm³/mol. The molecule has 0 saturated carbocycles. The van der Waals surface area contributed by atoms with Gasteiger partial charge in [0.25, 0.3) is 0 Å². The fraction of sp³-hybridized carbons (Fsp3) is 0.0294. The smallest absolute Gasteiger partial charge is 0.256 e. The number of alkyl halides is 3. The summed E-state index contributed by atoms with van der Waals surface area (Å²) in [6, 6.07) is 24.7. The minimum absolute atomic E-state index is 0.126. The maximum absolute atomic E-state index is 14.4. The van der Waals surface area contributed by atoms with Gasteiger partial charge >= 0.3 is 6.18 Å². The van der Waals surface area contributed by atoms with Crippen molar-refractivity contribution in [2.24, 2.45) is 0 Å². The molecule has 0 aliphatic carbocycles. The molecule has 0 aliphatic rings. The zero-order chi connectivity index (χ0) is 28.5. The number of hydrogen-bond acceptors (Lipinski definition) is 1. The van der Waals surface area contributed by atoms with Crippen LogP contribution in [0.15, 0.2) is 103 Å². The summed E-state index contributed by atoms with van der Waals surface area (Å²) in [6.07, 6.45) is -2.96. The molecule has 0 spiro atoms. The highest BCUT2D eigenvalue weighted by atomic mass is 19.4. The quantitative estimate of drug-likeness (QED) is 0.153. The third-order valence-corrected chi connectivity index (χ3v) is 7.49. The van der Waals surface area contributed by atoms with Crippen molar-refractivity contribution in [2.75, 3.05) is 0 Å². The van der Waals surface area contributed by atoms with Crippen molar-refractivity contribution in [1.82, 2.24) is 4.98 Å². The van der Waals surface area contributed by atoms with E-state index in [1.807, 2.05) is 30.3 Å². The Bertz CT molecular complexity index is 2160. The second kappa shape index (κ2) is 9.06. The average Bonchev–Trinajstić information content (AvgIpc) is 2.94. The van der Waals surface area contributed by atoms with E-state index >= 15 is 0 Å². The molecule has 0 unspecified atom stereocenters. The van der Waals surface area contributed by atoms with E-state index in [-0.39, 0.29) is 16.5 Å². The van der Waals surface area contributed by atoms with Gasteiger partial charge in [-0.2, -0.15) is 13.2 Å². The second-order valence-corrected chi connectivity index (χ2v) is 9.90. The molecule has 0 bridgehead atoms. The SMILES string of the molecule is Fc1cc(F)c(-c2ccc3c(ccc4c5ccnc(-c6cc(C(F)(F)F)c7ccccc7c6)c5ccc34)c2)c(F)c1. The van der Waals surface area contributed by atoms with Gasteiger partial charge in [0, 0.05) is 29.3 Å². The van der Waals surface area contributed by atoms with Crippen molar-refractivity contribution in [1.29, 1.82) is 0 Å². The maximum atomic E-state index is 14.4. The molecule has 7 rings (SSSR count). The van der Waals surface area contributed by atoms with Gasteiger partial charge in [0.2, 0.25) is 0 Å². The zero-order valence-corrected chi connectivity index (χ0v) is 21.0. The summed E-state index contributed by atoms with van der Waals surface area (Å²) in [5, 5.41) is 5.32. The lowest BCUT2D eigenvalue weighted by Crippen LogP contribution is -2.06. The number of rotatable bonds is 2. The maximum Gasteiger partial charge on any atom is 0.417 e. The van der Waals surface area contributed by atoms with Crippen molar-refractivity contribution in [3.05, 3.63) is 126 Å². The third kappa shape index (κ3) is 4.08. The molecule has 0 radical (unpaired) electrons. The second-order valence-electron chi connectivity index (χ2n) is 9.90. The van der Waals surface area contributed by atoms with Crippen LogP contribution in [0.5, 0.6) is 0 Å². The topological polar surface area (TPSA) is 12.9 Å². The highest BCUT2D eigenvalue weighted by molar-refractivity contribution is 6.19. The Balaban J connectivity index is 1.42. The molecule has 1 aromatic heterocycles. The molecular formula is C34H17F6N. The monoisotopic (exact) mass is 553 g/mol. The number of pyridine rings is 1. The van der Waals surface area contributed by atoms with Crippen molar-refractivity contribution in [2.45, 2.75) is 6.18 Å². The Labute approximate surface area is 229 Å². The highest BCUT2D eigenvalue weighted by Crippen LogP contribution is 2.41. The van der Waals surface area contributed by atoms with Gasteiger partial charge in [-0.1, -0.05) is 60.7 Å². The normalized spacial score (nSPS) is 12.1. The fourth-order valence-electron chi connectivity index (χ4n) is 5.70. The molecule has 6 aromatic carbocycles. The number of aromatic nitrogens is 1. The molecule has 7 aromatic rings. The Hall–Kier alpha value is -4.91. The summed E-state index contributed by atoms with van der Waals surface area (Å²) in [5.41, 5.74) is 0.0290. The van der Waals surface area contributed by atoms with E-state index in [2.05, 4.69) is 4.98 Å². The van der Waals surface area contributed by atoms with Crippen LogP contribution in [-0.2, 0) is 6.18 Å². The van der Waals surface area contributed by atoms with Crippen LogP contribution in [0.3, 0.4) is 0 Å². The van der Waals surface area contributed by atoms with Gasteiger partial charge in [0.05, 0.1) is 16.8 Å². The first-order chi connectivity index (χ1) is 19.7. The van der Waals surface area contributed by atoms with Crippen LogP contribution in [0.4, 0.5) is 26.3 Å². The van der Waals surface area contributed by atoms with E-state index in [0.717, 1.165) is 33.0 Å². The standard InChI is InChI=1S/C34H17F6N/c35-22-16-30(36)32(31(37)17-22)20-6-7-23-19(13-20)5-8-26-25(23)9-10-28-27(26)11-12-41-33(28)21-14-18-3-1-2-4-24(18)29(15-21)34(38,39)40/h1-17H. The number of halogens is 6. The molecule has 200 valence electrons. The number of nitrogens with zero attached hydrogens (tertiary/aromatic N) is 1. The lowest BCUT2D eigenvalue weighted by atomic mass is 9.92. The van der Waals surface area contributed by atoms with E-state index in [4.69, 9.17) is 0 Å². The van der Waals surface area contributed by atoms with E-state index in [1.54, 1.807) is 48.7 Å². The van der Waals surface area contributed by atoms with Gasteiger partial charge in [-0.3, -0.25) is 4.98 Å². The van der Waals surface area contributed by atoms with Crippen LogP contribution < -0.4 is 0 Å². The summed E-state index contributed by atoms with van der Waals surface area (Å²) in [6.45, 7) is 0. The zero-order valence-electron chi connectivity index (χ0n) is 21.0. The molecule has 1 nitrogen and oxygen atoms in total. The van der Waals surface area contributed by atoms with Crippen molar-refractivity contribution < 1.29 is 26.3 Å². The van der Waals surface area contributed by atoms with Crippen LogP contribution in [-0.4, -0.2) is 4.98 Å². The molecule has 7 heteroatoms. The van der Waals surface area contributed by atoms with Crippen LogP contribution in [0.2, 0.25) is 0 Å². The van der Waals surface area contributed by atoms with Gasteiger partial charge in [0.1, 0.15) is 17.5 Å². The summed E-state index contributed by atoms with van der Waals surface area (Å²) in [5.74, 6) is -2.97. The van der Waals surface area contributed by atoms with E-state index < -0.39 is 29.2 Å². The van der Waals surface area contributed by atoms with E-state index in [0.29, 0.717) is 34.2 Å². The Morgan fingerprint density at radius 3 is 1.90 bits per heavy atom. The first-order valence-corrected chi connectivity index (χ1v) is 12.7. The molecule has 0 saturated heterocycles. The van der Waals surface area contributed by atoms with E-state index in [1.165, 1.54) is 6.07 Å². The first kappa shape index (κ1) is 25.1. The summed E-state index contributed by atoms with van der Waals surface area (Å²) in [7, 11) is 0. The van der Waals surface area contributed by atoms with Crippen molar-refractivity contribution >= 4 is 43.1 Å². The van der Waals surface area contributed by atoms with Crippen LogP contribution in [0.25, 0.3) is 65.5 Å². The van der Waals surface area contributed by atoms with E-state index in [9.17, 15) is 26.3 Å². The van der Waals surface area contributed by atoms with Crippen LogP contribution in [0.1, 0.15) is 5.56 Å². The average molecular weight is 554 g/mol. The van der Waals surface area contributed by atoms with Gasteiger partial charge in [0.15, 0.2) is 0 Å². The minimum Gasteiger partial charge on any atom is -0.256 e.